The smallest absolute Gasteiger partial charge is 0.154 e. The lowest BCUT2D eigenvalue weighted by atomic mass is 9.67. The predicted molar refractivity (Wildman–Crippen MR) is 87.5 cm³/mol. The van der Waals surface area contributed by atoms with Crippen LogP contribution in [0.3, 0.4) is 0 Å². The van der Waals surface area contributed by atoms with Gasteiger partial charge in [-0.25, -0.2) is 8.42 Å². The van der Waals surface area contributed by atoms with Gasteiger partial charge >= 0.3 is 0 Å². The third kappa shape index (κ3) is 4.45. The average molecular weight is 314 g/mol. The van der Waals surface area contributed by atoms with Crippen molar-refractivity contribution in [1.29, 1.82) is 5.26 Å². The summed E-state index contributed by atoms with van der Waals surface area (Å²) in [5.41, 5.74) is 0.157. The highest BCUT2D eigenvalue weighted by Gasteiger charge is 2.43. The number of rotatable bonds is 6. The summed E-state index contributed by atoms with van der Waals surface area (Å²) in [6.45, 7) is 10.6. The molecule has 3 nitrogen and oxygen atoms in total. The monoisotopic (exact) mass is 313 g/mol. The van der Waals surface area contributed by atoms with Crippen LogP contribution in [0.1, 0.15) is 66.7 Å². The molecule has 1 fully saturated rings. The van der Waals surface area contributed by atoms with Gasteiger partial charge in [-0.1, -0.05) is 47.5 Å². The Bertz CT molecular complexity index is 476. The van der Waals surface area contributed by atoms with Crippen LogP contribution < -0.4 is 0 Å². The molecule has 122 valence electrons. The Morgan fingerprint density at radius 3 is 2.38 bits per heavy atom. The van der Waals surface area contributed by atoms with Crippen LogP contribution in [-0.2, 0) is 9.84 Å². The lowest BCUT2D eigenvalue weighted by Crippen LogP contribution is -2.41. The molecule has 0 aromatic carbocycles. The SMILES string of the molecule is CCC(C)CS(=O)(=O)C1CC(C(C)(C)CC)CCC1C#N. The molecule has 0 aliphatic heterocycles. The average Bonchev–Trinajstić information content (AvgIpc) is 2.45. The highest BCUT2D eigenvalue weighted by molar-refractivity contribution is 7.92. The fourth-order valence-corrected chi connectivity index (χ4v) is 5.81. The quantitative estimate of drug-likeness (QED) is 0.738. The van der Waals surface area contributed by atoms with Crippen molar-refractivity contribution in [1.82, 2.24) is 0 Å². The molecule has 0 heterocycles. The molecule has 21 heavy (non-hydrogen) atoms. The fraction of sp³-hybridized carbons (Fsp3) is 0.941. The predicted octanol–water partition coefficient (Wildman–Crippen LogP) is 4.19. The molecule has 0 aromatic heterocycles. The Morgan fingerprint density at radius 2 is 1.90 bits per heavy atom. The van der Waals surface area contributed by atoms with Crippen molar-refractivity contribution in [3.8, 4) is 6.07 Å². The summed E-state index contributed by atoms with van der Waals surface area (Å²) in [6.07, 6.45) is 4.29. The second-order valence-electron chi connectivity index (χ2n) is 7.47. The van der Waals surface area contributed by atoms with E-state index in [0.717, 1.165) is 25.7 Å². The van der Waals surface area contributed by atoms with E-state index in [0.29, 0.717) is 12.3 Å². The second-order valence-corrected chi connectivity index (χ2v) is 9.73. The number of sulfone groups is 1. The third-order valence-electron chi connectivity index (χ3n) is 5.65. The Morgan fingerprint density at radius 1 is 1.29 bits per heavy atom. The van der Waals surface area contributed by atoms with E-state index in [9.17, 15) is 13.7 Å². The lowest BCUT2D eigenvalue weighted by molar-refractivity contribution is 0.141. The summed E-state index contributed by atoms with van der Waals surface area (Å²) in [5.74, 6) is 0.492. The maximum atomic E-state index is 12.7. The van der Waals surface area contributed by atoms with Crippen molar-refractivity contribution in [2.75, 3.05) is 5.75 Å². The zero-order valence-electron chi connectivity index (χ0n) is 14.2. The molecule has 1 rings (SSSR count). The number of nitrogens with zero attached hydrogens (tertiary/aromatic N) is 1. The Balaban J connectivity index is 2.97. The summed E-state index contributed by atoms with van der Waals surface area (Å²) >= 11 is 0. The van der Waals surface area contributed by atoms with Crippen LogP contribution in [-0.4, -0.2) is 19.4 Å². The van der Waals surface area contributed by atoms with E-state index in [1.807, 2.05) is 13.8 Å². The van der Waals surface area contributed by atoms with Crippen molar-refractivity contribution < 1.29 is 8.42 Å². The first-order valence-corrected chi connectivity index (χ1v) is 10.0. The molecule has 1 aliphatic rings. The van der Waals surface area contributed by atoms with Gasteiger partial charge in [0.25, 0.3) is 0 Å². The van der Waals surface area contributed by atoms with Gasteiger partial charge in [0.15, 0.2) is 9.84 Å². The molecule has 0 radical (unpaired) electrons. The number of nitriles is 1. The van der Waals surface area contributed by atoms with Gasteiger partial charge in [0.1, 0.15) is 0 Å². The molecule has 4 atom stereocenters. The van der Waals surface area contributed by atoms with Crippen LogP contribution in [0.25, 0.3) is 0 Å². The molecule has 0 amide bonds. The van der Waals surface area contributed by atoms with Gasteiger partial charge in [0.2, 0.25) is 0 Å². The Kier molecular flexibility index (Phi) is 6.28. The minimum absolute atomic E-state index is 0.157. The number of hydrogen-bond acceptors (Lipinski definition) is 3. The largest absolute Gasteiger partial charge is 0.228 e. The molecule has 0 aromatic rings. The van der Waals surface area contributed by atoms with Crippen molar-refractivity contribution in [2.24, 2.45) is 23.2 Å². The summed E-state index contributed by atoms with van der Waals surface area (Å²) in [7, 11) is -3.18. The maximum absolute atomic E-state index is 12.7. The first kappa shape index (κ1) is 18.5. The molecule has 1 aliphatic carbocycles. The van der Waals surface area contributed by atoms with Crippen LogP contribution in [0.2, 0.25) is 0 Å². The maximum Gasteiger partial charge on any atom is 0.154 e. The Hall–Kier alpha value is -0.560. The van der Waals surface area contributed by atoms with E-state index in [4.69, 9.17) is 0 Å². The van der Waals surface area contributed by atoms with Crippen LogP contribution in [0.4, 0.5) is 0 Å². The zero-order valence-corrected chi connectivity index (χ0v) is 15.0. The fourth-order valence-electron chi connectivity index (χ4n) is 3.31. The summed E-state index contributed by atoms with van der Waals surface area (Å²) in [6, 6.07) is 2.26. The topological polar surface area (TPSA) is 57.9 Å². The van der Waals surface area contributed by atoms with E-state index in [-0.39, 0.29) is 23.0 Å². The van der Waals surface area contributed by atoms with Crippen molar-refractivity contribution in [3.05, 3.63) is 0 Å². The first-order valence-electron chi connectivity index (χ1n) is 8.29. The van der Waals surface area contributed by atoms with Gasteiger partial charge in [0, 0.05) is 0 Å². The molecule has 0 saturated heterocycles. The molecule has 1 saturated carbocycles. The summed E-state index contributed by atoms with van der Waals surface area (Å²) in [5, 5.41) is 8.89. The van der Waals surface area contributed by atoms with Crippen molar-refractivity contribution >= 4 is 9.84 Å². The van der Waals surface area contributed by atoms with E-state index in [1.165, 1.54) is 0 Å². The normalized spacial score (nSPS) is 28.9. The van der Waals surface area contributed by atoms with Gasteiger partial charge in [-0.2, -0.15) is 5.26 Å². The second kappa shape index (κ2) is 7.13. The highest BCUT2D eigenvalue weighted by atomic mass is 32.2. The van der Waals surface area contributed by atoms with Gasteiger partial charge in [-0.05, 0) is 36.5 Å². The van der Waals surface area contributed by atoms with Crippen LogP contribution >= 0.6 is 0 Å². The van der Waals surface area contributed by atoms with E-state index in [2.05, 4.69) is 26.8 Å². The first-order chi connectivity index (χ1) is 9.67. The van der Waals surface area contributed by atoms with Gasteiger partial charge in [0.05, 0.1) is 23.0 Å². The van der Waals surface area contributed by atoms with E-state index in [1.54, 1.807) is 0 Å². The highest BCUT2D eigenvalue weighted by Crippen LogP contribution is 2.44. The van der Waals surface area contributed by atoms with E-state index < -0.39 is 15.1 Å². The minimum atomic E-state index is -3.18. The molecule has 0 N–H and O–H groups in total. The number of hydrogen-bond donors (Lipinski definition) is 0. The third-order valence-corrected chi connectivity index (χ3v) is 8.13. The molecular weight excluding hydrogens is 282 g/mol. The lowest BCUT2D eigenvalue weighted by Gasteiger charge is -2.41. The molecule has 0 spiro atoms. The molecule has 4 unspecified atom stereocenters. The van der Waals surface area contributed by atoms with Gasteiger partial charge in [-0.15, -0.1) is 0 Å². The minimum Gasteiger partial charge on any atom is -0.228 e. The standard InChI is InChI=1S/C17H31NO2S/c1-6-13(3)12-21(19,20)16-10-15(17(4,5)7-2)9-8-14(16)11-18/h13-16H,6-10,12H2,1-5H3. The van der Waals surface area contributed by atoms with E-state index >= 15 is 0 Å². The van der Waals surface area contributed by atoms with Crippen molar-refractivity contribution in [3.63, 3.8) is 0 Å². The summed E-state index contributed by atoms with van der Waals surface area (Å²) in [4.78, 5) is 0. The molecular formula is C17H31NO2S. The molecule has 4 heteroatoms. The van der Waals surface area contributed by atoms with Crippen LogP contribution in [0, 0.1) is 34.5 Å². The van der Waals surface area contributed by atoms with Crippen molar-refractivity contribution in [2.45, 2.75) is 72.0 Å². The Labute approximate surface area is 131 Å². The summed E-state index contributed by atoms with van der Waals surface area (Å²) < 4.78 is 25.5. The van der Waals surface area contributed by atoms with Gasteiger partial charge < -0.3 is 0 Å². The van der Waals surface area contributed by atoms with Crippen LogP contribution in [0.5, 0.6) is 0 Å². The zero-order chi connectivity index (χ0) is 16.3. The van der Waals surface area contributed by atoms with Gasteiger partial charge in [-0.3, -0.25) is 0 Å². The van der Waals surface area contributed by atoms with Crippen LogP contribution in [0.15, 0.2) is 0 Å². The molecule has 0 bridgehead atoms.